The summed E-state index contributed by atoms with van der Waals surface area (Å²) in [7, 11) is -3.75. The van der Waals surface area contributed by atoms with E-state index >= 15 is 0 Å². The molecule has 2 rings (SSSR count). The van der Waals surface area contributed by atoms with Crippen LogP contribution in [0.1, 0.15) is 6.92 Å². The highest BCUT2D eigenvalue weighted by Gasteiger charge is 2.32. The van der Waals surface area contributed by atoms with E-state index in [-0.39, 0.29) is 21.6 Å². The number of nitro groups is 1. The Bertz CT molecular complexity index is 635. The van der Waals surface area contributed by atoms with E-state index in [0.717, 1.165) is 12.1 Å². The summed E-state index contributed by atoms with van der Waals surface area (Å²) in [6, 6.07) is 3.19. The molecule has 1 atom stereocenters. The summed E-state index contributed by atoms with van der Waals surface area (Å²) in [6.45, 7) is 3.26. The maximum Gasteiger partial charge on any atom is 0.271 e. The maximum atomic E-state index is 12.5. The molecule has 1 aliphatic rings. The number of benzene rings is 1. The monoisotopic (exact) mass is 319 g/mol. The third-order valence-corrected chi connectivity index (χ3v) is 5.65. The Morgan fingerprint density at radius 1 is 1.50 bits per heavy atom. The Morgan fingerprint density at radius 3 is 2.75 bits per heavy atom. The molecule has 0 saturated carbocycles. The van der Waals surface area contributed by atoms with Gasteiger partial charge in [0.15, 0.2) is 0 Å². The molecule has 1 saturated heterocycles. The molecule has 1 aromatic rings. The summed E-state index contributed by atoms with van der Waals surface area (Å²) < 4.78 is 26.4. The van der Waals surface area contributed by atoms with E-state index in [2.05, 4.69) is 5.32 Å². The van der Waals surface area contributed by atoms with E-state index < -0.39 is 14.9 Å². The fraction of sp³-hybridized carbons (Fsp3) is 0.455. The number of nitrogens with zero attached hydrogens (tertiary/aromatic N) is 2. The molecule has 1 fully saturated rings. The van der Waals surface area contributed by atoms with Gasteiger partial charge in [0.25, 0.3) is 5.69 Å². The van der Waals surface area contributed by atoms with Gasteiger partial charge >= 0.3 is 0 Å². The number of piperazine rings is 1. The Kier molecular flexibility index (Phi) is 4.28. The highest BCUT2D eigenvalue weighted by Crippen LogP contribution is 2.29. The molecule has 20 heavy (non-hydrogen) atoms. The smallest absolute Gasteiger partial charge is 0.271 e. The second-order valence-corrected chi connectivity index (χ2v) is 6.81. The molecule has 0 amide bonds. The summed E-state index contributed by atoms with van der Waals surface area (Å²) in [6.07, 6.45) is 0. The molecule has 1 aliphatic heterocycles. The van der Waals surface area contributed by atoms with Gasteiger partial charge in [-0.1, -0.05) is 11.6 Å². The van der Waals surface area contributed by atoms with E-state index in [1.165, 1.54) is 10.4 Å². The van der Waals surface area contributed by atoms with Crippen LogP contribution in [0.2, 0.25) is 5.02 Å². The Morgan fingerprint density at radius 2 is 2.20 bits per heavy atom. The minimum Gasteiger partial charge on any atom is -0.314 e. The molecule has 0 bridgehead atoms. The fourth-order valence-corrected chi connectivity index (χ4v) is 4.26. The van der Waals surface area contributed by atoms with Crippen LogP contribution in [0, 0.1) is 10.1 Å². The maximum absolute atomic E-state index is 12.5. The number of nitro benzene ring substituents is 1. The van der Waals surface area contributed by atoms with Crippen LogP contribution in [-0.4, -0.2) is 43.3 Å². The first-order valence-electron chi connectivity index (χ1n) is 6.00. The van der Waals surface area contributed by atoms with Gasteiger partial charge in [-0.25, -0.2) is 8.42 Å². The first-order valence-corrected chi connectivity index (χ1v) is 7.82. The van der Waals surface area contributed by atoms with Gasteiger partial charge in [0.2, 0.25) is 10.0 Å². The van der Waals surface area contributed by atoms with Gasteiger partial charge in [0, 0.05) is 37.8 Å². The van der Waals surface area contributed by atoms with Crippen LogP contribution in [0.3, 0.4) is 0 Å². The predicted octanol–water partition coefficient (Wildman–Crippen LogP) is 1.23. The van der Waals surface area contributed by atoms with Crippen LogP contribution in [0.5, 0.6) is 0 Å². The molecular formula is C11H14ClN3O4S. The van der Waals surface area contributed by atoms with Gasteiger partial charge in [-0.15, -0.1) is 0 Å². The molecule has 0 radical (unpaired) electrons. The topological polar surface area (TPSA) is 92.6 Å². The summed E-state index contributed by atoms with van der Waals surface area (Å²) in [4.78, 5) is 9.93. The van der Waals surface area contributed by atoms with E-state index in [4.69, 9.17) is 11.6 Å². The van der Waals surface area contributed by atoms with Crippen LogP contribution in [0.15, 0.2) is 23.1 Å². The van der Waals surface area contributed by atoms with Crippen LogP contribution in [-0.2, 0) is 10.0 Å². The van der Waals surface area contributed by atoms with Gasteiger partial charge in [0.05, 0.1) is 9.95 Å². The molecule has 1 heterocycles. The van der Waals surface area contributed by atoms with Crippen molar-refractivity contribution in [3.8, 4) is 0 Å². The molecule has 7 nitrogen and oxygen atoms in total. The van der Waals surface area contributed by atoms with Crippen LogP contribution in [0.4, 0.5) is 5.69 Å². The lowest BCUT2D eigenvalue weighted by Gasteiger charge is -2.33. The number of rotatable bonds is 3. The minimum atomic E-state index is -3.75. The zero-order valence-corrected chi connectivity index (χ0v) is 12.3. The highest BCUT2D eigenvalue weighted by molar-refractivity contribution is 7.89. The molecule has 0 spiro atoms. The normalized spacial score (nSPS) is 20.8. The van der Waals surface area contributed by atoms with Gasteiger partial charge in [-0.2, -0.15) is 4.31 Å². The molecule has 1 aromatic carbocycles. The number of nitrogens with one attached hydrogen (secondary N) is 1. The van der Waals surface area contributed by atoms with Gasteiger partial charge < -0.3 is 5.32 Å². The zero-order valence-electron chi connectivity index (χ0n) is 10.7. The Balaban J connectivity index is 2.41. The molecule has 110 valence electrons. The van der Waals surface area contributed by atoms with E-state index in [1.807, 2.05) is 0 Å². The lowest BCUT2D eigenvalue weighted by atomic mass is 10.3. The van der Waals surface area contributed by atoms with Crippen molar-refractivity contribution in [1.82, 2.24) is 9.62 Å². The standard InChI is InChI=1S/C11H14ClN3O4S/c1-8-7-13-4-5-14(8)20(18,19)11-3-2-9(15(16)17)6-10(11)12/h2-3,6,8,13H,4-5,7H2,1H3/t8-/m1/s1. The molecule has 0 aliphatic carbocycles. The summed E-state index contributed by atoms with van der Waals surface area (Å²) >= 11 is 5.90. The van der Waals surface area contributed by atoms with Crippen molar-refractivity contribution >= 4 is 27.3 Å². The number of halogens is 1. The van der Waals surface area contributed by atoms with Crippen molar-refractivity contribution in [2.45, 2.75) is 17.9 Å². The first kappa shape index (κ1) is 15.2. The van der Waals surface area contributed by atoms with Crippen molar-refractivity contribution in [2.24, 2.45) is 0 Å². The SMILES string of the molecule is C[C@@H]1CNCCN1S(=O)(=O)c1ccc([N+](=O)[O-])cc1Cl. The Hall–Kier alpha value is -1.22. The average Bonchev–Trinajstić information content (AvgIpc) is 2.38. The zero-order chi connectivity index (χ0) is 14.9. The highest BCUT2D eigenvalue weighted by atomic mass is 35.5. The second-order valence-electron chi connectivity index (χ2n) is 4.54. The van der Waals surface area contributed by atoms with E-state index in [0.29, 0.717) is 19.6 Å². The lowest BCUT2D eigenvalue weighted by Crippen LogP contribution is -2.52. The summed E-state index contributed by atoms with van der Waals surface area (Å²) in [5, 5.41) is 13.6. The number of sulfonamides is 1. The van der Waals surface area contributed by atoms with Crippen molar-refractivity contribution in [3.05, 3.63) is 33.3 Å². The first-order chi connectivity index (χ1) is 9.34. The van der Waals surface area contributed by atoms with Crippen LogP contribution in [0.25, 0.3) is 0 Å². The molecule has 0 unspecified atom stereocenters. The number of hydrogen-bond acceptors (Lipinski definition) is 5. The quantitative estimate of drug-likeness (QED) is 0.668. The van der Waals surface area contributed by atoms with Crippen molar-refractivity contribution in [2.75, 3.05) is 19.6 Å². The van der Waals surface area contributed by atoms with Crippen LogP contribution < -0.4 is 5.32 Å². The molecule has 9 heteroatoms. The summed E-state index contributed by atoms with van der Waals surface area (Å²) in [5.41, 5.74) is -0.234. The van der Waals surface area contributed by atoms with Crippen molar-refractivity contribution in [1.29, 1.82) is 0 Å². The fourth-order valence-electron chi connectivity index (χ4n) is 2.12. The molecule has 0 aromatic heterocycles. The third kappa shape index (κ3) is 2.78. The summed E-state index contributed by atoms with van der Waals surface area (Å²) in [5.74, 6) is 0. The lowest BCUT2D eigenvalue weighted by molar-refractivity contribution is -0.384. The average molecular weight is 320 g/mol. The number of hydrogen-bond donors (Lipinski definition) is 1. The van der Waals surface area contributed by atoms with Gasteiger partial charge in [-0.05, 0) is 13.0 Å². The van der Waals surface area contributed by atoms with Crippen molar-refractivity contribution in [3.63, 3.8) is 0 Å². The third-order valence-electron chi connectivity index (χ3n) is 3.15. The number of non-ortho nitro benzene ring substituents is 1. The largest absolute Gasteiger partial charge is 0.314 e. The second kappa shape index (κ2) is 5.65. The van der Waals surface area contributed by atoms with Crippen LogP contribution >= 0.6 is 11.6 Å². The van der Waals surface area contributed by atoms with Gasteiger partial charge in [-0.3, -0.25) is 10.1 Å². The molecular weight excluding hydrogens is 306 g/mol. The van der Waals surface area contributed by atoms with E-state index in [9.17, 15) is 18.5 Å². The molecule has 1 N–H and O–H groups in total. The Labute approximate surface area is 121 Å². The minimum absolute atomic E-state index is 0.0986. The van der Waals surface area contributed by atoms with E-state index in [1.54, 1.807) is 6.92 Å². The van der Waals surface area contributed by atoms with Gasteiger partial charge in [0.1, 0.15) is 4.90 Å². The predicted molar refractivity (Wildman–Crippen MR) is 74.3 cm³/mol. The van der Waals surface area contributed by atoms with Crippen molar-refractivity contribution < 1.29 is 13.3 Å².